The monoisotopic (exact) mass is 224 g/mol. The van der Waals surface area contributed by atoms with Gasteiger partial charge in [-0.3, -0.25) is 0 Å². The minimum Gasteiger partial charge on any atom is -0.503 e. The van der Waals surface area contributed by atoms with Gasteiger partial charge in [0, 0.05) is 0 Å². The summed E-state index contributed by atoms with van der Waals surface area (Å²) in [5, 5.41) is 0.863. The number of ether oxygens (including phenoxy) is 3. The normalized spacial score (nSPS) is 11.9. The number of para-hydroxylation sites is 1. The lowest BCUT2D eigenvalue weighted by molar-refractivity contribution is 0.289. The third-order valence-electron chi connectivity index (χ3n) is 2.18. The summed E-state index contributed by atoms with van der Waals surface area (Å²) in [5.74, 6) is 1.54. The van der Waals surface area contributed by atoms with Gasteiger partial charge in [0.25, 0.3) is 0 Å². The van der Waals surface area contributed by atoms with Crippen LogP contribution in [0.2, 0.25) is 0 Å². The van der Waals surface area contributed by atoms with E-state index in [9.17, 15) is 0 Å². The Morgan fingerprint density at radius 1 is 1.07 bits per heavy atom. The number of benzene rings is 1. The van der Waals surface area contributed by atoms with Crippen molar-refractivity contribution in [2.24, 2.45) is 0 Å². The lowest BCUT2D eigenvalue weighted by Gasteiger charge is -2.13. The lowest BCUT2D eigenvalue weighted by atomic mass is 10.1. The zero-order chi connectivity index (χ0) is 11.3. The van der Waals surface area contributed by atoms with Gasteiger partial charge in [0.05, 0.1) is 37.1 Å². The molecule has 0 saturated heterocycles. The molecule has 0 fully saturated rings. The standard InChI is InChI=1S/C11H16O3Si/c1-12-9-7-5-4-6-8(9)10(13-2)11(15)14-3/h4-7H,1-3,15H3. The van der Waals surface area contributed by atoms with E-state index in [1.54, 1.807) is 21.3 Å². The van der Waals surface area contributed by atoms with Gasteiger partial charge in [0.15, 0.2) is 5.76 Å². The van der Waals surface area contributed by atoms with E-state index in [0.29, 0.717) is 0 Å². The minimum absolute atomic E-state index is 0.751. The third-order valence-corrected chi connectivity index (χ3v) is 3.04. The Morgan fingerprint density at radius 2 is 1.73 bits per heavy atom. The van der Waals surface area contributed by atoms with E-state index < -0.39 is 0 Å². The predicted octanol–water partition coefficient (Wildman–Crippen LogP) is 0.979. The van der Waals surface area contributed by atoms with Gasteiger partial charge >= 0.3 is 0 Å². The van der Waals surface area contributed by atoms with Crippen LogP contribution in [0, 0.1) is 0 Å². The van der Waals surface area contributed by atoms with Crippen LogP contribution in [-0.2, 0) is 9.47 Å². The van der Waals surface area contributed by atoms with Crippen molar-refractivity contribution in [1.29, 1.82) is 0 Å². The van der Waals surface area contributed by atoms with E-state index in [1.807, 2.05) is 24.3 Å². The molecule has 0 aliphatic rings. The Morgan fingerprint density at radius 3 is 2.27 bits per heavy atom. The molecule has 0 aliphatic carbocycles. The molecule has 3 nitrogen and oxygen atoms in total. The third kappa shape index (κ3) is 2.53. The average molecular weight is 224 g/mol. The van der Waals surface area contributed by atoms with Crippen LogP contribution in [0.5, 0.6) is 5.75 Å². The van der Waals surface area contributed by atoms with Gasteiger partial charge in [-0.2, -0.15) is 0 Å². The molecule has 15 heavy (non-hydrogen) atoms. The van der Waals surface area contributed by atoms with Gasteiger partial charge in [-0.05, 0) is 12.1 Å². The highest BCUT2D eigenvalue weighted by Gasteiger charge is 2.11. The molecule has 4 heteroatoms. The van der Waals surface area contributed by atoms with Crippen LogP contribution in [-0.4, -0.2) is 31.6 Å². The topological polar surface area (TPSA) is 27.7 Å². The molecule has 1 aromatic carbocycles. The summed E-state index contributed by atoms with van der Waals surface area (Å²) < 4.78 is 15.8. The molecule has 0 saturated carbocycles. The van der Waals surface area contributed by atoms with E-state index in [4.69, 9.17) is 14.2 Å². The molecule has 0 radical (unpaired) electrons. The summed E-state index contributed by atoms with van der Waals surface area (Å²) in [5.41, 5.74) is 0.925. The fraction of sp³-hybridized carbons (Fsp3) is 0.273. The van der Waals surface area contributed by atoms with Crippen molar-refractivity contribution >= 4 is 16.0 Å². The zero-order valence-electron chi connectivity index (χ0n) is 9.53. The highest BCUT2D eigenvalue weighted by atomic mass is 28.1. The van der Waals surface area contributed by atoms with Crippen molar-refractivity contribution < 1.29 is 14.2 Å². The van der Waals surface area contributed by atoms with Gasteiger partial charge in [-0.15, -0.1) is 0 Å². The van der Waals surface area contributed by atoms with Gasteiger partial charge in [-0.1, -0.05) is 12.1 Å². The molecule has 0 atom stereocenters. The maximum absolute atomic E-state index is 5.34. The quantitative estimate of drug-likeness (QED) is 0.563. The second-order valence-corrected chi connectivity index (χ2v) is 3.90. The Kier molecular flexibility index (Phi) is 4.24. The number of methoxy groups -OCH3 is 3. The van der Waals surface area contributed by atoms with Gasteiger partial charge < -0.3 is 14.2 Å². The van der Waals surface area contributed by atoms with E-state index in [-0.39, 0.29) is 0 Å². The summed E-state index contributed by atoms with van der Waals surface area (Å²) in [6, 6.07) is 7.73. The molecule has 0 aromatic heterocycles. The maximum Gasteiger partial charge on any atom is 0.161 e. The van der Waals surface area contributed by atoms with Crippen molar-refractivity contribution in [2.75, 3.05) is 21.3 Å². The van der Waals surface area contributed by atoms with Crippen LogP contribution in [0.1, 0.15) is 5.56 Å². The van der Waals surface area contributed by atoms with Gasteiger partial charge in [-0.25, -0.2) is 0 Å². The van der Waals surface area contributed by atoms with Crippen molar-refractivity contribution in [1.82, 2.24) is 0 Å². The molecule has 1 rings (SSSR count). The SMILES string of the molecule is COC([SiH3])=C(OC)c1ccccc1OC. The number of rotatable bonds is 4. The second-order valence-electron chi connectivity index (χ2n) is 2.99. The second kappa shape index (κ2) is 5.46. The first-order chi connectivity index (χ1) is 7.24. The fourth-order valence-electron chi connectivity index (χ4n) is 1.37. The van der Waals surface area contributed by atoms with E-state index >= 15 is 0 Å². The number of hydrogen-bond donors (Lipinski definition) is 0. The molecule has 0 N–H and O–H groups in total. The molecule has 82 valence electrons. The molecule has 0 heterocycles. The molecular weight excluding hydrogens is 208 g/mol. The molecule has 0 aliphatic heterocycles. The van der Waals surface area contributed by atoms with Crippen molar-refractivity contribution in [3.63, 3.8) is 0 Å². The molecular formula is C11H16O3Si. The van der Waals surface area contributed by atoms with E-state index in [1.165, 1.54) is 0 Å². The van der Waals surface area contributed by atoms with Crippen LogP contribution < -0.4 is 4.74 Å². The molecule has 0 spiro atoms. The Labute approximate surface area is 93.1 Å². The highest BCUT2D eigenvalue weighted by molar-refractivity contribution is 6.23. The number of hydrogen-bond acceptors (Lipinski definition) is 3. The molecule has 1 aromatic rings. The predicted molar refractivity (Wildman–Crippen MR) is 63.9 cm³/mol. The summed E-state index contributed by atoms with van der Waals surface area (Å²) >= 11 is 0. The van der Waals surface area contributed by atoms with Gasteiger partial charge in [0.1, 0.15) is 11.1 Å². The molecule has 0 bridgehead atoms. The van der Waals surface area contributed by atoms with Crippen LogP contribution in [0.4, 0.5) is 0 Å². The van der Waals surface area contributed by atoms with Crippen LogP contribution in [0.15, 0.2) is 29.6 Å². The summed E-state index contributed by atoms with van der Waals surface area (Å²) in [6.07, 6.45) is 0. The van der Waals surface area contributed by atoms with Crippen molar-refractivity contribution in [3.05, 3.63) is 35.2 Å². The van der Waals surface area contributed by atoms with Crippen LogP contribution in [0.3, 0.4) is 0 Å². The van der Waals surface area contributed by atoms with E-state index in [0.717, 1.165) is 32.7 Å². The smallest absolute Gasteiger partial charge is 0.161 e. The molecule has 0 amide bonds. The average Bonchev–Trinajstić information content (AvgIpc) is 2.30. The first kappa shape index (κ1) is 11.7. The van der Waals surface area contributed by atoms with Crippen molar-refractivity contribution in [2.45, 2.75) is 0 Å². The minimum atomic E-state index is 0.751. The van der Waals surface area contributed by atoms with Crippen LogP contribution >= 0.6 is 0 Å². The summed E-state index contributed by atoms with van der Waals surface area (Å²) in [7, 11) is 5.73. The summed E-state index contributed by atoms with van der Waals surface area (Å²) in [6.45, 7) is 0. The zero-order valence-corrected chi connectivity index (χ0v) is 11.5. The largest absolute Gasteiger partial charge is 0.503 e. The fourth-order valence-corrected chi connectivity index (χ4v) is 1.84. The Bertz CT molecular complexity index is 361. The first-order valence-electron chi connectivity index (χ1n) is 4.66. The summed E-state index contributed by atoms with van der Waals surface area (Å²) in [4.78, 5) is 0. The maximum atomic E-state index is 5.34. The Hall–Kier alpha value is -1.42. The van der Waals surface area contributed by atoms with Crippen molar-refractivity contribution in [3.8, 4) is 5.75 Å². The molecule has 0 unspecified atom stereocenters. The lowest BCUT2D eigenvalue weighted by Crippen LogP contribution is -1.99. The first-order valence-corrected chi connectivity index (χ1v) is 5.66. The highest BCUT2D eigenvalue weighted by Crippen LogP contribution is 2.27. The van der Waals surface area contributed by atoms with Gasteiger partial charge in [0.2, 0.25) is 0 Å². The van der Waals surface area contributed by atoms with E-state index in [2.05, 4.69) is 0 Å². The Balaban J connectivity index is 3.24. The van der Waals surface area contributed by atoms with Crippen LogP contribution in [0.25, 0.3) is 5.76 Å².